The van der Waals surface area contributed by atoms with Gasteiger partial charge < -0.3 is 0 Å². The second kappa shape index (κ2) is 5.82. The lowest BCUT2D eigenvalue weighted by Crippen LogP contribution is -1.79. The molecule has 54 valence electrons. The highest BCUT2D eigenvalue weighted by Gasteiger charge is 1.92. The molecule has 0 radical (unpaired) electrons. The van der Waals surface area contributed by atoms with E-state index in [0.717, 1.165) is 0 Å². The fraction of sp³-hybridized carbons (Fsp3) is 0.143. The monoisotopic (exact) mass is 170 g/mol. The van der Waals surface area contributed by atoms with Crippen molar-refractivity contribution in [3.8, 4) is 0 Å². The molecule has 0 saturated carbocycles. The van der Waals surface area contributed by atoms with Crippen molar-refractivity contribution in [1.29, 1.82) is 0 Å². The summed E-state index contributed by atoms with van der Waals surface area (Å²) in [6.07, 6.45) is 5.88. The third-order valence-corrected chi connectivity index (χ3v) is 2.85. The minimum absolute atomic E-state index is 0.579. The largest absolute Gasteiger partial charge is 0.150 e. The third kappa shape index (κ3) is 3.29. The van der Waals surface area contributed by atoms with E-state index in [2.05, 4.69) is 32.7 Å². The second-order valence-corrected chi connectivity index (χ2v) is 3.33. The smallest absolute Gasteiger partial charge is 0.140 e. The van der Waals surface area contributed by atoms with Crippen LogP contribution in [0, 0.1) is 0 Å². The fourth-order valence-electron chi connectivity index (χ4n) is 0.647. The lowest BCUT2D eigenvalue weighted by atomic mass is 9.94. The van der Waals surface area contributed by atoms with Gasteiger partial charge in [-0.15, -0.1) is 12.2 Å². The van der Waals surface area contributed by atoms with Gasteiger partial charge in [-0.1, -0.05) is 30.3 Å². The van der Waals surface area contributed by atoms with E-state index in [1.165, 1.54) is 10.8 Å². The Labute approximate surface area is 70.8 Å². The van der Waals surface area contributed by atoms with Crippen molar-refractivity contribution in [2.75, 3.05) is 0 Å². The Morgan fingerprint density at radius 1 is 1.70 bits per heavy atom. The molecule has 0 spiro atoms. The zero-order chi connectivity index (χ0) is 7.98. The van der Waals surface area contributed by atoms with Crippen molar-refractivity contribution in [3.05, 3.63) is 35.6 Å². The summed E-state index contributed by atoms with van der Waals surface area (Å²) >= 11 is 4.21. The standard InChI is InChI=1S/C7H12BPS/c1-3-5-6(8)7(4-2)9-10/h3-5,9-10H,1,8H2,2H3/b6-5+,7-4+. The molecule has 0 aromatic carbocycles. The van der Waals surface area contributed by atoms with Gasteiger partial charge in [-0.3, -0.25) is 0 Å². The summed E-state index contributed by atoms with van der Waals surface area (Å²) < 4.78 is 0. The van der Waals surface area contributed by atoms with E-state index >= 15 is 0 Å². The molecule has 0 amide bonds. The predicted octanol–water partition coefficient (Wildman–Crippen LogP) is 2.12. The van der Waals surface area contributed by atoms with Crippen LogP contribution in [0.2, 0.25) is 0 Å². The number of hydrogen-bond acceptors (Lipinski definition) is 1. The van der Waals surface area contributed by atoms with Crippen LogP contribution >= 0.6 is 20.0 Å². The first-order chi connectivity index (χ1) is 4.76. The lowest BCUT2D eigenvalue weighted by molar-refractivity contribution is 1.68. The molecular weight excluding hydrogens is 158 g/mol. The number of hydrogen-bond donors (Lipinski definition) is 1. The molecular formula is C7H12BPS. The summed E-state index contributed by atoms with van der Waals surface area (Å²) in [5.74, 6) is 0. The Bertz CT molecular complexity index is 172. The van der Waals surface area contributed by atoms with Gasteiger partial charge in [0.15, 0.2) is 0 Å². The Morgan fingerprint density at radius 2 is 2.30 bits per heavy atom. The van der Waals surface area contributed by atoms with Crippen molar-refractivity contribution >= 4 is 27.9 Å². The topological polar surface area (TPSA) is 0 Å². The lowest BCUT2D eigenvalue weighted by Gasteiger charge is -2.00. The first-order valence-corrected chi connectivity index (χ1v) is 5.41. The van der Waals surface area contributed by atoms with Crippen molar-refractivity contribution in [3.63, 3.8) is 0 Å². The minimum Gasteiger partial charge on any atom is -0.150 e. The maximum Gasteiger partial charge on any atom is 0.140 e. The van der Waals surface area contributed by atoms with Crippen LogP contribution in [-0.4, -0.2) is 7.85 Å². The van der Waals surface area contributed by atoms with Crippen LogP contribution < -0.4 is 0 Å². The van der Waals surface area contributed by atoms with E-state index in [-0.39, 0.29) is 0 Å². The third-order valence-electron chi connectivity index (χ3n) is 1.20. The fourth-order valence-corrected chi connectivity index (χ4v) is 1.95. The van der Waals surface area contributed by atoms with E-state index < -0.39 is 0 Å². The van der Waals surface area contributed by atoms with Gasteiger partial charge in [0.25, 0.3) is 0 Å². The average Bonchev–Trinajstić information content (AvgIpc) is 1.91. The van der Waals surface area contributed by atoms with Gasteiger partial charge >= 0.3 is 0 Å². The molecule has 0 bridgehead atoms. The van der Waals surface area contributed by atoms with Crippen molar-refractivity contribution < 1.29 is 0 Å². The van der Waals surface area contributed by atoms with E-state index in [4.69, 9.17) is 0 Å². The Kier molecular flexibility index (Phi) is 5.86. The summed E-state index contributed by atoms with van der Waals surface area (Å²) in [6.45, 7) is 5.65. The van der Waals surface area contributed by atoms with Gasteiger partial charge in [0, 0.05) is 0 Å². The molecule has 0 N–H and O–H groups in total. The van der Waals surface area contributed by atoms with Crippen LogP contribution in [0.4, 0.5) is 0 Å². The van der Waals surface area contributed by atoms with Gasteiger partial charge in [-0.25, -0.2) is 0 Å². The van der Waals surface area contributed by atoms with Gasteiger partial charge in [0.2, 0.25) is 0 Å². The quantitative estimate of drug-likeness (QED) is 0.285. The first-order valence-electron chi connectivity index (χ1n) is 3.12. The molecule has 0 aliphatic rings. The molecule has 0 saturated heterocycles. The summed E-state index contributed by atoms with van der Waals surface area (Å²) in [6, 6.07) is 0. The molecule has 0 aliphatic carbocycles. The average molecular weight is 170 g/mol. The normalized spacial score (nSPS) is 14.6. The van der Waals surface area contributed by atoms with Crippen molar-refractivity contribution in [1.82, 2.24) is 0 Å². The van der Waals surface area contributed by atoms with Crippen LogP contribution in [0.5, 0.6) is 0 Å². The number of rotatable bonds is 3. The Balaban J connectivity index is 4.30. The van der Waals surface area contributed by atoms with E-state index in [0.29, 0.717) is 7.78 Å². The van der Waals surface area contributed by atoms with Crippen LogP contribution in [0.15, 0.2) is 35.6 Å². The maximum atomic E-state index is 4.21. The molecule has 0 nitrogen and oxygen atoms in total. The molecule has 3 heteroatoms. The molecule has 0 rings (SSSR count). The summed E-state index contributed by atoms with van der Waals surface area (Å²) in [5.41, 5.74) is 1.26. The van der Waals surface area contributed by atoms with Gasteiger partial charge in [-0.2, -0.15) is 0 Å². The van der Waals surface area contributed by atoms with Crippen LogP contribution in [0.25, 0.3) is 0 Å². The molecule has 0 aliphatic heterocycles. The van der Waals surface area contributed by atoms with Crippen molar-refractivity contribution in [2.45, 2.75) is 6.92 Å². The van der Waals surface area contributed by atoms with Crippen molar-refractivity contribution in [2.24, 2.45) is 0 Å². The molecule has 0 fully saturated rings. The van der Waals surface area contributed by atoms with Crippen LogP contribution in [0.1, 0.15) is 6.92 Å². The molecule has 1 unspecified atom stereocenters. The minimum atomic E-state index is 0.579. The zero-order valence-electron chi connectivity index (χ0n) is 6.39. The van der Waals surface area contributed by atoms with Gasteiger partial charge in [0.05, 0.1) is 0 Å². The second-order valence-electron chi connectivity index (χ2n) is 1.90. The molecule has 10 heavy (non-hydrogen) atoms. The maximum absolute atomic E-state index is 4.21. The number of thiol groups is 1. The summed E-state index contributed by atoms with van der Waals surface area (Å²) in [5, 5.41) is 1.29. The number of allylic oxidation sites excluding steroid dienone is 5. The van der Waals surface area contributed by atoms with E-state index in [1.54, 1.807) is 6.08 Å². The van der Waals surface area contributed by atoms with Gasteiger partial charge in [0.1, 0.15) is 7.85 Å². The SMILES string of the molecule is BC(=C/C=C)/C(=C\C)PS. The highest BCUT2D eigenvalue weighted by Crippen LogP contribution is 2.31. The molecule has 1 atom stereocenters. The highest BCUT2D eigenvalue weighted by molar-refractivity contribution is 8.39. The van der Waals surface area contributed by atoms with Gasteiger partial charge in [-0.05, 0) is 20.0 Å². The Hall–Kier alpha value is 0.0649. The zero-order valence-corrected chi connectivity index (χ0v) is 8.28. The van der Waals surface area contributed by atoms with Crippen LogP contribution in [0.3, 0.4) is 0 Å². The Morgan fingerprint density at radius 3 is 2.60 bits per heavy atom. The molecule has 0 heterocycles. The highest BCUT2D eigenvalue weighted by atomic mass is 32.7. The predicted molar refractivity (Wildman–Crippen MR) is 57.9 cm³/mol. The summed E-state index contributed by atoms with van der Waals surface area (Å²) in [7, 11) is 2.65. The first kappa shape index (κ1) is 10.1. The van der Waals surface area contributed by atoms with E-state index in [1.807, 2.05) is 13.0 Å². The van der Waals surface area contributed by atoms with E-state index in [9.17, 15) is 0 Å². The molecule has 0 aromatic rings. The molecule has 0 aromatic heterocycles. The van der Waals surface area contributed by atoms with Crippen LogP contribution in [-0.2, 0) is 0 Å². The summed E-state index contributed by atoms with van der Waals surface area (Å²) in [4.78, 5) is 0.